The number of fused-ring (bicyclic) bond motifs is 1. The maximum atomic E-state index is 5.84. The van der Waals surface area contributed by atoms with Gasteiger partial charge in [0, 0.05) is 12.3 Å². The Balaban J connectivity index is 2.06. The Kier molecular flexibility index (Phi) is 3.03. The van der Waals surface area contributed by atoms with Crippen molar-refractivity contribution in [2.45, 2.75) is 0 Å². The molecule has 0 amide bonds. The second-order valence-corrected chi connectivity index (χ2v) is 5.05. The molecule has 0 aliphatic rings. The summed E-state index contributed by atoms with van der Waals surface area (Å²) in [4.78, 5) is 12.9. The van der Waals surface area contributed by atoms with Gasteiger partial charge in [-0.15, -0.1) is 11.3 Å². The van der Waals surface area contributed by atoms with Crippen LogP contribution in [0.5, 0.6) is 11.6 Å². The minimum absolute atomic E-state index is 0.148. The molecule has 18 heavy (non-hydrogen) atoms. The second-order valence-electron chi connectivity index (χ2n) is 3.38. The first-order valence-electron chi connectivity index (χ1n) is 4.91. The molecule has 3 heterocycles. The van der Waals surface area contributed by atoms with Crippen molar-refractivity contribution in [2.24, 2.45) is 0 Å². The summed E-state index contributed by atoms with van der Waals surface area (Å²) in [5, 5.41) is 3.35. The van der Waals surface area contributed by atoms with Gasteiger partial charge in [-0.05, 0) is 23.0 Å². The van der Waals surface area contributed by atoms with Crippen molar-refractivity contribution in [1.29, 1.82) is 0 Å². The summed E-state index contributed by atoms with van der Waals surface area (Å²) < 4.78 is 5.64. The summed E-state index contributed by atoms with van der Waals surface area (Å²) >= 11 is 13.2. The van der Waals surface area contributed by atoms with Crippen LogP contribution in [-0.4, -0.2) is 15.0 Å². The Morgan fingerprint density at radius 2 is 2.06 bits per heavy atom. The highest BCUT2D eigenvalue weighted by atomic mass is 35.5. The van der Waals surface area contributed by atoms with Crippen LogP contribution in [-0.2, 0) is 0 Å². The van der Waals surface area contributed by atoms with E-state index in [2.05, 4.69) is 15.0 Å². The lowest BCUT2D eigenvalue weighted by atomic mass is 10.4. The number of rotatable bonds is 2. The fourth-order valence-corrected chi connectivity index (χ4v) is 2.57. The van der Waals surface area contributed by atoms with Gasteiger partial charge in [0.1, 0.15) is 10.6 Å². The Morgan fingerprint density at radius 1 is 1.17 bits per heavy atom. The molecule has 0 spiro atoms. The molecule has 90 valence electrons. The monoisotopic (exact) mass is 297 g/mol. The molecule has 0 radical (unpaired) electrons. The fourth-order valence-electron chi connectivity index (χ4n) is 1.44. The molecule has 3 aromatic heterocycles. The van der Waals surface area contributed by atoms with Gasteiger partial charge in [0.05, 0.1) is 16.6 Å². The normalized spacial score (nSPS) is 10.8. The maximum Gasteiger partial charge on any atom is 0.232 e. The van der Waals surface area contributed by atoms with Gasteiger partial charge in [0.15, 0.2) is 0 Å². The molecule has 0 fully saturated rings. The van der Waals surface area contributed by atoms with Crippen molar-refractivity contribution in [1.82, 2.24) is 15.0 Å². The van der Waals surface area contributed by atoms with E-state index in [0.717, 1.165) is 10.2 Å². The Bertz CT molecular complexity index is 716. The van der Waals surface area contributed by atoms with Crippen molar-refractivity contribution in [3.05, 3.63) is 40.2 Å². The highest BCUT2D eigenvalue weighted by Gasteiger charge is 2.10. The zero-order valence-electron chi connectivity index (χ0n) is 8.80. The number of pyridine rings is 1. The second kappa shape index (κ2) is 4.68. The van der Waals surface area contributed by atoms with Gasteiger partial charge in [-0.1, -0.05) is 11.6 Å². The van der Waals surface area contributed by atoms with E-state index in [-0.39, 0.29) is 5.28 Å². The summed E-state index contributed by atoms with van der Waals surface area (Å²) in [5.74, 6) is 0.903. The molecule has 3 rings (SSSR count). The number of hydrogen-bond acceptors (Lipinski definition) is 5. The lowest BCUT2D eigenvalue weighted by Crippen LogP contribution is -1.91. The van der Waals surface area contributed by atoms with Crippen LogP contribution in [0.1, 0.15) is 0 Å². The van der Waals surface area contributed by atoms with Crippen LogP contribution in [0.3, 0.4) is 0 Å². The SMILES string of the molecule is Clc1cncc(Oc2nc(Cl)nc3sccc23)c1. The molecule has 0 bridgehead atoms. The highest BCUT2D eigenvalue weighted by molar-refractivity contribution is 7.16. The van der Waals surface area contributed by atoms with E-state index < -0.39 is 0 Å². The average molecular weight is 298 g/mol. The van der Waals surface area contributed by atoms with Gasteiger partial charge in [-0.25, -0.2) is 4.98 Å². The van der Waals surface area contributed by atoms with Crippen LogP contribution in [0.15, 0.2) is 29.9 Å². The number of aromatic nitrogens is 3. The number of halogens is 2. The minimum Gasteiger partial charge on any atom is -0.436 e. The third kappa shape index (κ3) is 2.25. The first-order valence-corrected chi connectivity index (χ1v) is 6.55. The predicted molar refractivity (Wildman–Crippen MR) is 71.7 cm³/mol. The first-order chi connectivity index (χ1) is 8.72. The third-order valence-electron chi connectivity index (χ3n) is 2.16. The number of hydrogen-bond donors (Lipinski definition) is 0. The average Bonchev–Trinajstić information content (AvgIpc) is 2.77. The van der Waals surface area contributed by atoms with E-state index in [9.17, 15) is 0 Å². The van der Waals surface area contributed by atoms with Crippen molar-refractivity contribution < 1.29 is 4.74 Å². The molecular weight excluding hydrogens is 293 g/mol. The molecule has 7 heteroatoms. The van der Waals surface area contributed by atoms with Crippen LogP contribution < -0.4 is 4.74 Å². The Hall–Kier alpha value is -1.43. The van der Waals surface area contributed by atoms with Crippen LogP contribution in [0, 0.1) is 0 Å². The molecule has 3 aromatic rings. The predicted octanol–water partition coefficient (Wildman–Crippen LogP) is 4.19. The van der Waals surface area contributed by atoms with Crippen molar-refractivity contribution in [3.8, 4) is 11.6 Å². The number of nitrogens with zero attached hydrogens (tertiary/aromatic N) is 3. The van der Waals surface area contributed by atoms with E-state index in [4.69, 9.17) is 27.9 Å². The maximum absolute atomic E-state index is 5.84. The molecule has 0 unspecified atom stereocenters. The topological polar surface area (TPSA) is 47.9 Å². The molecule has 0 aliphatic heterocycles. The molecule has 0 atom stereocenters. The van der Waals surface area contributed by atoms with Crippen molar-refractivity contribution in [3.63, 3.8) is 0 Å². The fraction of sp³-hybridized carbons (Fsp3) is 0. The standard InChI is InChI=1S/C11H5Cl2N3OS/c12-6-3-7(5-14-4-6)17-9-8-1-2-18-10(8)16-11(13)15-9/h1-5H. The minimum atomic E-state index is 0.148. The molecule has 0 aromatic carbocycles. The Morgan fingerprint density at radius 3 is 2.89 bits per heavy atom. The van der Waals surface area contributed by atoms with Crippen LogP contribution in [0.4, 0.5) is 0 Å². The van der Waals surface area contributed by atoms with Gasteiger partial charge >= 0.3 is 0 Å². The van der Waals surface area contributed by atoms with Crippen LogP contribution >= 0.6 is 34.5 Å². The molecule has 0 saturated heterocycles. The third-order valence-corrected chi connectivity index (χ3v) is 3.34. The summed E-state index contributed by atoms with van der Waals surface area (Å²) in [7, 11) is 0. The van der Waals surface area contributed by atoms with E-state index in [1.165, 1.54) is 17.5 Å². The van der Waals surface area contributed by atoms with Gasteiger partial charge in [-0.2, -0.15) is 4.98 Å². The van der Waals surface area contributed by atoms with Crippen LogP contribution in [0.25, 0.3) is 10.2 Å². The molecule has 0 saturated carbocycles. The van der Waals surface area contributed by atoms with Crippen molar-refractivity contribution >= 4 is 44.8 Å². The summed E-state index contributed by atoms with van der Waals surface area (Å²) in [6.45, 7) is 0. The Labute approximate surface area is 116 Å². The molecular formula is C11H5Cl2N3OS. The summed E-state index contributed by atoms with van der Waals surface area (Å²) in [6, 6.07) is 3.53. The summed E-state index contributed by atoms with van der Waals surface area (Å²) in [6.07, 6.45) is 3.08. The van der Waals surface area contributed by atoms with E-state index in [0.29, 0.717) is 16.7 Å². The molecule has 0 aliphatic carbocycles. The number of thiophene rings is 1. The lowest BCUT2D eigenvalue weighted by molar-refractivity contribution is 0.466. The van der Waals surface area contributed by atoms with Gasteiger partial charge in [-0.3, -0.25) is 4.98 Å². The van der Waals surface area contributed by atoms with Crippen molar-refractivity contribution in [2.75, 3.05) is 0 Å². The number of ether oxygens (including phenoxy) is 1. The first kappa shape index (κ1) is 11.6. The highest BCUT2D eigenvalue weighted by Crippen LogP contribution is 2.31. The summed E-state index contributed by atoms with van der Waals surface area (Å²) in [5.41, 5.74) is 0. The quantitative estimate of drug-likeness (QED) is 0.666. The smallest absolute Gasteiger partial charge is 0.232 e. The van der Waals surface area contributed by atoms with Gasteiger partial charge in [0.25, 0.3) is 0 Å². The lowest BCUT2D eigenvalue weighted by Gasteiger charge is -2.05. The van der Waals surface area contributed by atoms with Gasteiger partial charge in [0.2, 0.25) is 11.2 Å². The van der Waals surface area contributed by atoms with E-state index in [1.54, 1.807) is 12.3 Å². The van der Waals surface area contributed by atoms with Gasteiger partial charge < -0.3 is 4.74 Å². The zero-order valence-corrected chi connectivity index (χ0v) is 11.1. The zero-order chi connectivity index (χ0) is 12.5. The molecule has 4 nitrogen and oxygen atoms in total. The largest absolute Gasteiger partial charge is 0.436 e. The van der Waals surface area contributed by atoms with E-state index >= 15 is 0 Å². The van der Waals surface area contributed by atoms with E-state index in [1.807, 2.05) is 11.4 Å². The van der Waals surface area contributed by atoms with Crippen LogP contribution in [0.2, 0.25) is 10.3 Å². The molecule has 0 N–H and O–H groups in total.